The van der Waals surface area contributed by atoms with Crippen molar-refractivity contribution in [3.63, 3.8) is 0 Å². The molecule has 4 N–H and O–H groups in total. The molecule has 0 unspecified atom stereocenters. The minimum absolute atomic E-state index is 0.113. The van der Waals surface area contributed by atoms with Crippen LogP contribution in [0.4, 0.5) is 11.4 Å². The second-order valence-corrected chi connectivity index (χ2v) is 5.80. The van der Waals surface area contributed by atoms with Gasteiger partial charge in [-0.3, -0.25) is 34.7 Å². The van der Waals surface area contributed by atoms with Crippen molar-refractivity contribution in [3.8, 4) is 0 Å². The van der Waals surface area contributed by atoms with Gasteiger partial charge < -0.3 is 15.9 Å². The number of carboxylic acids is 2. The number of carbonyl (C=O) groups is 2. The Labute approximate surface area is 139 Å². The Morgan fingerprint density at radius 2 is 1.72 bits per heavy atom. The Bertz CT molecular complexity index is 734. The van der Waals surface area contributed by atoms with E-state index in [1.54, 1.807) is 0 Å². The molecule has 25 heavy (non-hydrogen) atoms. The average molecular weight is 354 g/mol. The number of likely N-dealkylation sites (tertiary alicyclic amines) is 1. The van der Waals surface area contributed by atoms with E-state index in [1.165, 1.54) is 4.90 Å². The van der Waals surface area contributed by atoms with Gasteiger partial charge in [0.1, 0.15) is 11.6 Å². The highest BCUT2D eigenvalue weighted by Gasteiger charge is 2.49. The maximum absolute atomic E-state index is 11.4. The maximum Gasteiger partial charge on any atom is 0.325 e. The van der Waals surface area contributed by atoms with Gasteiger partial charge in [-0.25, -0.2) is 0 Å². The van der Waals surface area contributed by atoms with Crippen molar-refractivity contribution in [2.45, 2.75) is 24.5 Å². The molecule has 2 rings (SSSR count). The monoisotopic (exact) mass is 354 g/mol. The van der Waals surface area contributed by atoms with Crippen LogP contribution in [0.15, 0.2) is 18.2 Å². The van der Waals surface area contributed by atoms with Crippen molar-refractivity contribution in [1.29, 1.82) is 0 Å². The zero-order chi connectivity index (χ0) is 18.9. The first-order chi connectivity index (χ1) is 11.5. The zero-order valence-corrected chi connectivity index (χ0v) is 12.7. The molecule has 1 aromatic rings. The number of benzene rings is 1. The maximum atomic E-state index is 11.4. The van der Waals surface area contributed by atoms with Crippen molar-refractivity contribution >= 4 is 23.3 Å². The van der Waals surface area contributed by atoms with Gasteiger partial charge in [0, 0.05) is 31.6 Å². The number of rotatable bonds is 6. The van der Waals surface area contributed by atoms with Crippen LogP contribution in [0.25, 0.3) is 0 Å². The largest absolute Gasteiger partial charge is 0.480 e. The van der Waals surface area contributed by atoms with Gasteiger partial charge in [-0.05, 0) is 5.56 Å². The third kappa shape index (κ3) is 3.70. The minimum Gasteiger partial charge on any atom is -0.480 e. The van der Waals surface area contributed by atoms with Crippen LogP contribution in [0.5, 0.6) is 0 Å². The molecule has 0 spiro atoms. The van der Waals surface area contributed by atoms with Crippen LogP contribution in [0.3, 0.4) is 0 Å². The number of hydrogen-bond acceptors (Lipinski definition) is 8. The lowest BCUT2D eigenvalue weighted by molar-refractivity contribution is -0.394. The molecule has 1 aromatic carbocycles. The summed E-state index contributed by atoms with van der Waals surface area (Å²) >= 11 is 0. The first-order valence-corrected chi connectivity index (χ1v) is 6.95. The predicted octanol–water partition coefficient (Wildman–Crippen LogP) is -0.0560. The van der Waals surface area contributed by atoms with Crippen LogP contribution >= 0.6 is 0 Å². The van der Waals surface area contributed by atoms with E-state index in [4.69, 9.17) is 10.8 Å². The predicted molar refractivity (Wildman–Crippen MR) is 80.8 cm³/mol. The van der Waals surface area contributed by atoms with Crippen LogP contribution < -0.4 is 5.73 Å². The first kappa shape index (κ1) is 18.2. The van der Waals surface area contributed by atoms with Gasteiger partial charge in [0.2, 0.25) is 0 Å². The Kier molecular flexibility index (Phi) is 4.67. The standard InChI is InChI=1S/C13H14N4O8/c14-13(12(20)21)4-10(11(18)19)15(6-13)5-7-1-8(16(22)23)3-9(2-7)17(24)25/h1-3,10H,4-6,14H2,(H,18,19)(H,20,21)/t10-,13-/m1/s1. The Balaban J connectivity index is 2.37. The summed E-state index contributed by atoms with van der Waals surface area (Å²) in [4.78, 5) is 44.0. The molecule has 12 heteroatoms. The van der Waals surface area contributed by atoms with E-state index in [9.17, 15) is 34.9 Å². The number of non-ortho nitro benzene ring substituents is 2. The number of carboxylic acid groups (broad SMARTS) is 2. The van der Waals surface area contributed by atoms with E-state index in [2.05, 4.69) is 0 Å². The van der Waals surface area contributed by atoms with Crippen LogP contribution in [0.1, 0.15) is 12.0 Å². The normalized spacial score (nSPS) is 23.3. The first-order valence-electron chi connectivity index (χ1n) is 6.95. The molecule has 0 amide bonds. The topological polar surface area (TPSA) is 190 Å². The van der Waals surface area contributed by atoms with E-state index < -0.39 is 44.7 Å². The summed E-state index contributed by atoms with van der Waals surface area (Å²) in [5.41, 5.74) is 3.00. The van der Waals surface area contributed by atoms with Crippen LogP contribution in [0.2, 0.25) is 0 Å². The molecule has 0 aromatic heterocycles. The Morgan fingerprint density at radius 1 is 1.20 bits per heavy atom. The summed E-state index contributed by atoms with van der Waals surface area (Å²) in [7, 11) is 0. The summed E-state index contributed by atoms with van der Waals surface area (Å²) in [5, 5.41) is 40.2. The van der Waals surface area contributed by atoms with Crippen LogP contribution in [-0.4, -0.2) is 55.0 Å². The van der Waals surface area contributed by atoms with Gasteiger partial charge in [-0.15, -0.1) is 0 Å². The molecule has 0 radical (unpaired) electrons. The van der Waals surface area contributed by atoms with Crippen molar-refractivity contribution in [2.24, 2.45) is 5.73 Å². The number of hydrogen-bond donors (Lipinski definition) is 3. The highest BCUT2D eigenvalue weighted by molar-refractivity contribution is 5.83. The second kappa shape index (κ2) is 6.41. The van der Waals surface area contributed by atoms with Crippen molar-refractivity contribution in [2.75, 3.05) is 6.54 Å². The summed E-state index contributed by atoms with van der Waals surface area (Å²) in [6.07, 6.45) is -0.352. The molecule has 12 nitrogen and oxygen atoms in total. The molecule has 1 fully saturated rings. The average Bonchev–Trinajstić information content (AvgIpc) is 2.85. The second-order valence-electron chi connectivity index (χ2n) is 5.80. The molecule has 0 saturated carbocycles. The van der Waals surface area contributed by atoms with Gasteiger partial charge in [0.05, 0.1) is 15.9 Å². The van der Waals surface area contributed by atoms with Gasteiger partial charge in [-0.1, -0.05) is 0 Å². The Hall–Kier alpha value is -3.12. The molecule has 1 aliphatic heterocycles. The Morgan fingerprint density at radius 3 is 2.12 bits per heavy atom. The lowest BCUT2D eigenvalue weighted by Crippen LogP contribution is -2.50. The van der Waals surface area contributed by atoms with Gasteiger partial charge >= 0.3 is 11.9 Å². The van der Waals surface area contributed by atoms with Gasteiger partial charge in [-0.2, -0.15) is 0 Å². The van der Waals surface area contributed by atoms with Crippen molar-refractivity contribution in [3.05, 3.63) is 44.0 Å². The summed E-state index contributed by atoms with van der Waals surface area (Å²) in [6, 6.07) is 1.71. The van der Waals surface area contributed by atoms with E-state index in [-0.39, 0.29) is 25.1 Å². The SMILES string of the molecule is N[C@]1(C(=O)O)C[C@H](C(=O)O)N(Cc2cc([N+](=O)[O-])cc([N+](=O)[O-])c2)C1. The lowest BCUT2D eigenvalue weighted by Gasteiger charge is -2.21. The fourth-order valence-corrected chi connectivity index (χ4v) is 2.77. The quantitative estimate of drug-likeness (QED) is 0.460. The van der Waals surface area contributed by atoms with Gasteiger partial charge in [0.15, 0.2) is 0 Å². The smallest absolute Gasteiger partial charge is 0.325 e. The fraction of sp³-hybridized carbons (Fsp3) is 0.385. The lowest BCUT2D eigenvalue weighted by atomic mass is 9.98. The molecule has 2 atom stereocenters. The minimum atomic E-state index is -1.78. The summed E-state index contributed by atoms with van der Waals surface area (Å²) in [5.74, 6) is -2.67. The molecular formula is C13H14N4O8. The van der Waals surface area contributed by atoms with Crippen LogP contribution in [0, 0.1) is 20.2 Å². The molecule has 134 valence electrons. The highest BCUT2D eigenvalue weighted by Crippen LogP contribution is 2.30. The summed E-state index contributed by atoms with van der Waals surface area (Å²) < 4.78 is 0. The molecule has 1 aliphatic rings. The van der Waals surface area contributed by atoms with Crippen molar-refractivity contribution in [1.82, 2.24) is 4.90 Å². The van der Waals surface area contributed by atoms with Gasteiger partial charge in [0.25, 0.3) is 11.4 Å². The van der Waals surface area contributed by atoms with E-state index in [1.807, 2.05) is 0 Å². The molecular weight excluding hydrogens is 340 g/mol. The third-order valence-corrected chi connectivity index (χ3v) is 3.96. The van der Waals surface area contributed by atoms with E-state index in [0.717, 1.165) is 18.2 Å². The van der Waals surface area contributed by atoms with E-state index >= 15 is 0 Å². The fourth-order valence-electron chi connectivity index (χ4n) is 2.77. The highest BCUT2D eigenvalue weighted by atomic mass is 16.6. The number of nitrogens with zero attached hydrogens (tertiary/aromatic N) is 3. The zero-order valence-electron chi connectivity index (χ0n) is 12.7. The number of nitro groups is 2. The number of nitrogens with two attached hydrogens (primary N) is 1. The number of nitro benzene ring substituents is 2. The van der Waals surface area contributed by atoms with Crippen LogP contribution in [-0.2, 0) is 16.1 Å². The molecule has 1 heterocycles. The third-order valence-electron chi connectivity index (χ3n) is 3.96. The molecule has 0 bridgehead atoms. The number of aliphatic carboxylic acids is 2. The summed E-state index contributed by atoms with van der Waals surface area (Å²) in [6.45, 7) is -0.540. The van der Waals surface area contributed by atoms with E-state index in [0.29, 0.717) is 0 Å². The molecule has 1 saturated heterocycles. The molecule has 0 aliphatic carbocycles. The van der Waals surface area contributed by atoms with Crippen molar-refractivity contribution < 1.29 is 29.6 Å².